The van der Waals surface area contributed by atoms with Gasteiger partial charge >= 0.3 is 11.9 Å². The van der Waals surface area contributed by atoms with Crippen LogP contribution in [0.4, 0.5) is 0 Å². The molecule has 0 spiro atoms. The van der Waals surface area contributed by atoms with E-state index in [-0.39, 0.29) is 23.1 Å². The summed E-state index contributed by atoms with van der Waals surface area (Å²) in [6.45, 7) is 6.75. The molecule has 0 amide bonds. The predicted molar refractivity (Wildman–Crippen MR) is 131 cm³/mol. The highest BCUT2D eigenvalue weighted by Gasteiger charge is 2.44. The lowest BCUT2D eigenvalue weighted by Gasteiger charge is -2.44. The van der Waals surface area contributed by atoms with Crippen molar-refractivity contribution >= 4 is 11.9 Å². The number of ether oxygens (including phenoxy) is 3. The third-order valence-corrected chi connectivity index (χ3v) is 7.24. The summed E-state index contributed by atoms with van der Waals surface area (Å²) < 4.78 is 17.4. The minimum atomic E-state index is -0.438. The van der Waals surface area contributed by atoms with Gasteiger partial charge in [-0.1, -0.05) is 6.07 Å². The molecule has 0 aromatic heterocycles. The average Bonchev–Trinajstić information content (AvgIpc) is 2.80. The van der Waals surface area contributed by atoms with Crippen molar-refractivity contribution in [3.63, 3.8) is 0 Å². The molecule has 8 nitrogen and oxygen atoms in total. The fourth-order valence-electron chi connectivity index (χ4n) is 5.56. The molecule has 0 bridgehead atoms. The van der Waals surface area contributed by atoms with Crippen LogP contribution in [0.25, 0.3) is 0 Å². The number of rotatable bonds is 11. The van der Waals surface area contributed by atoms with Gasteiger partial charge in [-0.05, 0) is 83.0 Å². The lowest BCUT2D eigenvalue weighted by atomic mass is 9.67. The maximum atomic E-state index is 12.2. The first-order chi connectivity index (χ1) is 16.7. The van der Waals surface area contributed by atoms with Gasteiger partial charge in [0.2, 0.25) is 0 Å². The number of benzene rings is 1. The van der Waals surface area contributed by atoms with Gasteiger partial charge in [0, 0.05) is 31.2 Å². The van der Waals surface area contributed by atoms with Crippen LogP contribution in [0.5, 0.6) is 11.5 Å². The SMILES string of the molecule is CC(=O)OC(CCCC(C)O)CC(OC(C)=O)C1(Cc2ccc(O)c3c2CCCO3)CCNCC1. The molecular weight excluding hydrogens is 450 g/mol. The second kappa shape index (κ2) is 12.6. The molecule has 1 aromatic carbocycles. The molecule has 3 rings (SSSR count). The second-order valence-electron chi connectivity index (χ2n) is 10.1. The Bertz CT molecular complexity index is 863. The largest absolute Gasteiger partial charge is 0.504 e. The fourth-order valence-corrected chi connectivity index (χ4v) is 5.56. The Labute approximate surface area is 208 Å². The topological polar surface area (TPSA) is 114 Å². The normalized spacial score (nSPS) is 19.5. The smallest absolute Gasteiger partial charge is 0.302 e. The third kappa shape index (κ3) is 7.58. The molecule has 196 valence electrons. The number of phenols is 1. The maximum Gasteiger partial charge on any atom is 0.302 e. The highest BCUT2D eigenvalue weighted by atomic mass is 16.6. The Morgan fingerprint density at radius 3 is 2.51 bits per heavy atom. The highest BCUT2D eigenvalue weighted by Crippen LogP contribution is 2.44. The molecule has 0 radical (unpaired) electrons. The number of hydrogen-bond donors (Lipinski definition) is 3. The van der Waals surface area contributed by atoms with Gasteiger partial charge in [-0.25, -0.2) is 0 Å². The van der Waals surface area contributed by atoms with Crippen molar-refractivity contribution in [1.82, 2.24) is 5.32 Å². The number of piperidine rings is 1. The zero-order chi connectivity index (χ0) is 25.4. The molecule has 3 atom stereocenters. The Morgan fingerprint density at radius 1 is 1.14 bits per heavy atom. The first kappa shape index (κ1) is 27.3. The highest BCUT2D eigenvalue weighted by molar-refractivity contribution is 5.66. The summed E-state index contributed by atoms with van der Waals surface area (Å²) in [5.41, 5.74) is 1.79. The Morgan fingerprint density at radius 2 is 1.86 bits per heavy atom. The van der Waals surface area contributed by atoms with E-state index in [1.807, 2.05) is 6.07 Å². The van der Waals surface area contributed by atoms with Gasteiger partial charge in [0.1, 0.15) is 12.2 Å². The van der Waals surface area contributed by atoms with Crippen molar-refractivity contribution in [3.05, 3.63) is 23.3 Å². The number of carbonyl (C=O) groups excluding carboxylic acids is 2. The Hall–Kier alpha value is -2.32. The quantitative estimate of drug-likeness (QED) is 0.404. The van der Waals surface area contributed by atoms with Crippen molar-refractivity contribution in [2.75, 3.05) is 19.7 Å². The van der Waals surface area contributed by atoms with E-state index in [2.05, 4.69) is 5.32 Å². The number of aliphatic hydroxyl groups is 1. The molecule has 1 fully saturated rings. The summed E-state index contributed by atoms with van der Waals surface area (Å²) in [6.07, 6.45) is 5.09. The van der Waals surface area contributed by atoms with E-state index < -0.39 is 18.3 Å². The molecule has 0 aliphatic carbocycles. The summed E-state index contributed by atoms with van der Waals surface area (Å²) in [6, 6.07) is 3.65. The van der Waals surface area contributed by atoms with Gasteiger partial charge in [-0.3, -0.25) is 9.59 Å². The van der Waals surface area contributed by atoms with Crippen LogP contribution in [0.15, 0.2) is 12.1 Å². The van der Waals surface area contributed by atoms with Crippen molar-refractivity contribution in [1.29, 1.82) is 0 Å². The molecule has 8 heteroatoms. The zero-order valence-electron chi connectivity index (χ0n) is 21.3. The minimum absolute atomic E-state index is 0.160. The van der Waals surface area contributed by atoms with Crippen molar-refractivity contribution in [2.45, 2.75) is 96.9 Å². The van der Waals surface area contributed by atoms with Crippen LogP contribution < -0.4 is 10.1 Å². The van der Waals surface area contributed by atoms with Crippen molar-refractivity contribution in [3.8, 4) is 11.5 Å². The monoisotopic (exact) mass is 491 g/mol. The second-order valence-corrected chi connectivity index (χ2v) is 10.1. The molecule has 3 N–H and O–H groups in total. The first-order valence-electron chi connectivity index (χ1n) is 12.9. The zero-order valence-corrected chi connectivity index (χ0v) is 21.3. The Balaban J connectivity index is 1.91. The van der Waals surface area contributed by atoms with E-state index in [0.717, 1.165) is 49.9 Å². The minimum Gasteiger partial charge on any atom is -0.504 e. The molecule has 1 saturated heterocycles. The molecule has 0 saturated carbocycles. The maximum absolute atomic E-state index is 12.2. The van der Waals surface area contributed by atoms with Crippen LogP contribution in [0.3, 0.4) is 0 Å². The number of carbonyl (C=O) groups is 2. The molecule has 3 unspecified atom stereocenters. The molecule has 35 heavy (non-hydrogen) atoms. The predicted octanol–water partition coefficient (Wildman–Crippen LogP) is 3.43. The van der Waals surface area contributed by atoms with Crippen LogP contribution in [-0.4, -0.2) is 60.2 Å². The number of hydrogen-bond acceptors (Lipinski definition) is 8. The van der Waals surface area contributed by atoms with Gasteiger partial charge in [-0.2, -0.15) is 0 Å². The molecule has 2 aliphatic heterocycles. The summed E-state index contributed by atoms with van der Waals surface area (Å²) in [7, 11) is 0. The van der Waals surface area contributed by atoms with E-state index in [9.17, 15) is 19.8 Å². The molecule has 1 aromatic rings. The number of nitrogens with one attached hydrogen (secondary N) is 1. The average molecular weight is 492 g/mol. The van der Waals surface area contributed by atoms with Gasteiger partial charge < -0.3 is 29.7 Å². The molecule has 2 aliphatic rings. The van der Waals surface area contributed by atoms with Gasteiger partial charge in [0.05, 0.1) is 12.7 Å². The first-order valence-corrected chi connectivity index (χ1v) is 12.9. The number of aliphatic hydroxyl groups excluding tert-OH is 1. The van der Waals surface area contributed by atoms with E-state index in [0.29, 0.717) is 44.5 Å². The van der Waals surface area contributed by atoms with E-state index >= 15 is 0 Å². The van der Waals surface area contributed by atoms with Gasteiger partial charge in [-0.15, -0.1) is 0 Å². The van der Waals surface area contributed by atoms with Crippen molar-refractivity contribution < 1.29 is 34.0 Å². The van der Waals surface area contributed by atoms with Crippen LogP contribution in [0, 0.1) is 5.41 Å². The van der Waals surface area contributed by atoms with Gasteiger partial charge in [0.25, 0.3) is 0 Å². The van der Waals surface area contributed by atoms with Gasteiger partial charge in [0.15, 0.2) is 11.5 Å². The van der Waals surface area contributed by atoms with Crippen LogP contribution in [0.1, 0.15) is 76.8 Å². The van der Waals surface area contributed by atoms with Crippen molar-refractivity contribution in [2.24, 2.45) is 5.41 Å². The van der Waals surface area contributed by atoms with E-state index in [4.69, 9.17) is 14.2 Å². The number of phenolic OH excluding ortho intramolecular Hbond substituents is 1. The molecular formula is C27H41NO7. The van der Waals surface area contributed by atoms with Crippen LogP contribution >= 0.6 is 0 Å². The Kier molecular flexibility index (Phi) is 9.80. The summed E-state index contributed by atoms with van der Waals surface area (Å²) in [5, 5.41) is 23.4. The van der Waals surface area contributed by atoms with Crippen LogP contribution in [-0.2, 0) is 31.9 Å². The number of esters is 2. The van der Waals surface area contributed by atoms with E-state index in [1.165, 1.54) is 13.8 Å². The summed E-state index contributed by atoms with van der Waals surface area (Å²) >= 11 is 0. The summed E-state index contributed by atoms with van der Waals surface area (Å²) in [4.78, 5) is 24.1. The number of aromatic hydroxyl groups is 1. The molecule has 2 heterocycles. The standard InChI is InChI=1S/C27H41NO7/c1-18(29)6-4-7-22(34-19(2)30)16-25(35-20(3)31)27(11-13-28-14-12-27)17-21-9-10-24(32)26-23(21)8-5-15-33-26/h9-10,18,22,25,28-29,32H,4-8,11-17H2,1-3H3. The lowest BCUT2D eigenvalue weighted by Crippen LogP contribution is -2.49. The summed E-state index contributed by atoms with van der Waals surface area (Å²) in [5.74, 6) is 0.0115. The third-order valence-electron chi connectivity index (χ3n) is 7.24. The number of fused-ring (bicyclic) bond motifs is 1. The van der Waals surface area contributed by atoms with Crippen LogP contribution in [0.2, 0.25) is 0 Å². The lowest BCUT2D eigenvalue weighted by molar-refractivity contribution is -0.162. The fraction of sp³-hybridized carbons (Fsp3) is 0.704. The van der Waals surface area contributed by atoms with E-state index in [1.54, 1.807) is 13.0 Å².